The van der Waals surface area contributed by atoms with Crippen molar-refractivity contribution < 1.29 is 0 Å². The van der Waals surface area contributed by atoms with Crippen LogP contribution in [0.4, 0.5) is 0 Å². The molecule has 6 aromatic rings. The number of benzene rings is 6. The molecule has 0 aliphatic carbocycles. The highest BCUT2D eigenvalue weighted by atomic mass is 31.1. The van der Waals surface area contributed by atoms with Crippen LogP contribution in [0.15, 0.2) is 171 Å². The van der Waals surface area contributed by atoms with Crippen LogP contribution in [0.1, 0.15) is 18.1 Å². The van der Waals surface area contributed by atoms with Gasteiger partial charge in [0.05, 0.1) is 0 Å². The molecule has 0 aliphatic heterocycles. The second-order valence-corrected chi connectivity index (χ2v) is 12.8. The largest absolute Gasteiger partial charge is 0.0984 e. The molecule has 1 atom stereocenters. The summed E-state index contributed by atoms with van der Waals surface area (Å²) in [5, 5.41) is 6.28. The summed E-state index contributed by atoms with van der Waals surface area (Å²) in [7, 11) is -0.699. The molecule has 0 aromatic heterocycles. The molecule has 0 aliphatic rings. The van der Waals surface area contributed by atoms with Gasteiger partial charge in [-0.3, -0.25) is 0 Å². The zero-order valence-electron chi connectivity index (χ0n) is 25.1. The van der Waals surface area contributed by atoms with Crippen molar-refractivity contribution in [3.8, 4) is 33.4 Å². The van der Waals surface area contributed by atoms with Crippen LogP contribution >= 0.6 is 7.92 Å². The summed E-state index contributed by atoms with van der Waals surface area (Å²) in [4.78, 5) is 0. The predicted octanol–water partition coefficient (Wildman–Crippen LogP) is 11.6. The molecule has 0 N–H and O–H groups in total. The van der Waals surface area contributed by atoms with Crippen LogP contribution in [-0.4, -0.2) is 0 Å². The van der Waals surface area contributed by atoms with E-state index in [1.54, 1.807) is 0 Å². The van der Waals surface area contributed by atoms with Gasteiger partial charge in [-0.2, -0.15) is 0 Å². The molecular formula is C43H35P. The van der Waals surface area contributed by atoms with Gasteiger partial charge >= 0.3 is 0 Å². The molecule has 0 amide bonds. The monoisotopic (exact) mass is 582 g/mol. The topological polar surface area (TPSA) is 0 Å². The molecule has 1 heteroatoms. The van der Waals surface area contributed by atoms with Crippen molar-refractivity contribution in [2.24, 2.45) is 0 Å². The Labute approximate surface area is 262 Å². The van der Waals surface area contributed by atoms with Crippen LogP contribution in [-0.2, 0) is 0 Å². The lowest BCUT2D eigenvalue weighted by molar-refractivity contribution is 1.57. The zero-order valence-corrected chi connectivity index (χ0v) is 26.0. The average molecular weight is 583 g/mol. The minimum Gasteiger partial charge on any atom is -0.0984 e. The minimum absolute atomic E-state index is 0.699. The van der Waals surface area contributed by atoms with E-state index in [9.17, 15) is 0 Å². The molecule has 0 spiro atoms. The zero-order chi connectivity index (χ0) is 30.5. The van der Waals surface area contributed by atoms with E-state index in [-0.39, 0.29) is 0 Å². The van der Waals surface area contributed by atoms with Gasteiger partial charge in [-0.05, 0) is 86.0 Å². The molecule has 0 radical (unpaired) electrons. The van der Waals surface area contributed by atoms with E-state index in [0.29, 0.717) is 0 Å². The Kier molecular flexibility index (Phi) is 8.64. The van der Waals surface area contributed by atoms with Crippen molar-refractivity contribution in [3.05, 3.63) is 182 Å². The maximum Gasteiger partial charge on any atom is -0.00266 e. The Morgan fingerprint density at radius 1 is 0.477 bits per heavy atom. The first-order valence-electron chi connectivity index (χ1n) is 14.9. The van der Waals surface area contributed by atoms with Gasteiger partial charge in [-0.1, -0.05) is 178 Å². The van der Waals surface area contributed by atoms with Gasteiger partial charge in [0.25, 0.3) is 0 Å². The Bertz CT molecular complexity index is 1980. The molecule has 6 aromatic carbocycles. The van der Waals surface area contributed by atoms with E-state index in [4.69, 9.17) is 0 Å². The van der Waals surface area contributed by atoms with Crippen molar-refractivity contribution in [1.82, 2.24) is 0 Å². The number of hydrogen-bond donors (Lipinski definition) is 0. The fourth-order valence-corrected chi connectivity index (χ4v) is 8.38. The third-order valence-corrected chi connectivity index (χ3v) is 10.8. The quantitative estimate of drug-likeness (QED) is 0.117. The summed E-state index contributed by atoms with van der Waals surface area (Å²) in [6.45, 7) is 14.8. The average Bonchev–Trinajstić information content (AvgIpc) is 3.10. The third kappa shape index (κ3) is 5.42. The Morgan fingerprint density at radius 2 is 0.886 bits per heavy atom. The van der Waals surface area contributed by atoms with Gasteiger partial charge in [-0.15, -0.1) is 0 Å². The smallest absolute Gasteiger partial charge is 0.00266 e. The summed E-state index contributed by atoms with van der Waals surface area (Å²) in [6.07, 6.45) is 8.15. The van der Waals surface area contributed by atoms with Crippen LogP contribution in [0.5, 0.6) is 0 Å². The van der Waals surface area contributed by atoms with Gasteiger partial charge in [0.15, 0.2) is 0 Å². The molecule has 0 fully saturated rings. The van der Waals surface area contributed by atoms with Gasteiger partial charge in [0.2, 0.25) is 0 Å². The van der Waals surface area contributed by atoms with Crippen molar-refractivity contribution in [2.45, 2.75) is 6.92 Å². The number of rotatable bonds is 9. The Hall–Kier alpha value is -5.03. The van der Waals surface area contributed by atoms with Gasteiger partial charge in [0.1, 0.15) is 0 Å². The fraction of sp³-hybridized carbons (Fsp3) is 0.0233. The van der Waals surface area contributed by atoms with E-state index in [0.717, 1.165) is 22.3 Å². The second kappa shape index (κ2) is 13.1. The van der Waals surface area contributed by atoms with E-state index in [1.807, 2.05) is 18.2 Å². The van der Waals surface area contributed by atoms with Crippen molar-refractivity contribution in [3.63, 3.8) is 0 Å². The lowest BCUT2D eigenvalue weighted by Gasteiger charge is -2.22. The second-order valence-electron chi connectivity index (χ2n) is 10.6. The van der Waals surface area contributed by atoms with Gasteiger partial charge in [0, 0.05) is 0 Å². The predicted molar refractivity (Wildman–Crippen MR) is 197 cm³/mol. The lowest BCUT2D eigenvalue weighted by atomic mass is 9.83. The highest BCUT2D eigenvalue weighted by Gasteiger charge is 2.20. The lowest BCUT2D eigenvalue weighted by Crippen LogP contribution is -2.12. The first-order chi connectivity index (χ1) is 21.7. The van der Waals surface area contributed by atoms with Crippen LogP contribution in [0.3, 0.4) is 0 Å². The highest BCUT2D eigenvalue weighted by Crippen LogP contribution is 2.46. The van der Waals surface area contributed by atoms with E-state index in [1.165, 1.54) is 48.9 Å². The van der Waals surface area contributed by atoms with Crippen molar-refractivity contribution in [2.75, 3.05) is 0 Å². The molecule has 212 valence electrons. The molecule has 0 saturated heterocycles. The Morgan fingerprint density at radius 3 is 1.36 bits per heavy atom. The van der Waals surface area contributed by atoms with Crippen molar-refractivity contribution in [1.29, 1.82) is 0 Å². The molecule has 6 rings (SSSR count). The number of fused-ring (bicyclic) bond motifs is 1. The van der Waals surface area contributed by atoms with E-state index >= 15 is 0 Å². The normalized spacial score (nSPS) is 12.1. The molecule has 1 unspecified atom stereocenters. The summed E-state index contributed by atoms with van der Waals surface area (Å²) >= 11 is 0. The number of hydrogen-bond acceptors (Lipinski definition) is 0. The van der Waals surface area contributed by atoms with Gasteiger partial charge in [-0.25, -0.2) is 0 Å². The maximum absolute atomic E-state index is 4.29. The van der Waals surface area contributed by atoms with E-state index in [2.05, 4.69) is 166 Å². The standard InChI is InChI=1S/C43H35P/c1-5-35(6-2)44(36-19-13-10-14-20-36)37-29-27-34(28-30-37)43-39(8-4)38(7-3)42(40-21-15-16-22-41(40)43)33-25-23-32(24-26-33)31-17-11-9-12-18-31/h5-30H,1,3-4H2,2H3/b35-6+. The van der Waals surface area contributed by atoms with Gasteiger partial charge < -0.3 is 0 Å². The van der Waals surface area contributed by atoms with Crippen LogP contribution in [0.25, 0.3) is 56.3 Å². The van der Waals surface area contributed by atoms with Crippen LogP contribution in [0.2, 0.25) is 0 Å². The summed E-state index contributed by atoms with van der Waals surface area (Å²) in [5.74, 6) is 0. The SMILES string of the molecule is C=C/C(=C\C)P(c1ccccc1)c1ccc(-c2c(C=C)c(C=C)c(-c3ccc(-c4ccccc4)cc3)c3ccccc23)cc1. The van der Waals surface area contributed by atoms with E-state index < -0.39 is 7.92 Å². The number of allylic oxidation sites excluding steroid dienone is 3. The molecule has 0 heterocycles. The Balaban J connectivity index is 1.51. The minimum atomic E-state index is -0.699. The van der Waals surface area contributed by atoms with Crippen LogP contribution < -0.4 is 10.6 Å². The molecule has 44 heavy (non-hydrogen) atoms. The van der Waals surface area contributed by atoms with Crippen molar-refractivity contribution >= 4 is 41.5 Å². The van der Waals surface area contributed by atoms with Crippen LogP contribution in [0, 0.1) is 0 Å². The molecule has 0 nitrogen and oxygen atoms in total. The summed E-state index contributed by atoms with van der Waals surface area (Å²) in [6, 6.07) is 47.9. The fourth-order valence-electron chi connectivity index (χ4n) is 6.12. The molecule has 0 saturated carbocycles. The third-order valence-electron chi connectivity index (χ3n) is 8.18. The molecule has 0 bridgehead atoms. The maximum atomic E-state index is 4.29. The summed E-state index contributed by atoms with van der Waals surface area (Å²) < 4.78 is 0. The highest BCUT2D eigenvalue weighted by molar-refractivity contribution is 7.77. The molecular weight excluding hydrogens is 547 g/mol. The first-order valence-corrected chi connectivity index (χ1v) is 16.3. The summed E-state index contributed by atoms with van der Waals surface area (Å²) in [5.41, 5.74) is 9.30. The first kappa shape index (κ1) is 29.1.